The predicted octanol–water partition coefficient (Wildman–Crippen LogP) is 1.51. The Kier molecular flexibility index (Phi) is 2.70. The largest absolute Gasteiger partial charge is 0.309 e. The highest BCUT2D eigenvalue weighted by molar-refractivity contribution is 5.68. The number of aromatic nitrogens is 4. The SMILES string of the molecule is CC(C)c1nn(C)cc1-c1cnn2c1CNCC2. The normalized spacial score (nSPS) is 15.1. The summed E-state index contributed by atoms with van der Waals surface area (Å²) in [7, 11) is 1.98. The minimum Gasteiger partial charge on any atom is -0.309 e. The zero-order chi connectivity index (χ0) is 12.7. The number of nitrogens with zero attached hydrogens (tertiary/aromatic N) is 4. The quantitative estimate of drug-likeness (QED) is 0.872. The molecule has 2 aromatic heterocycles. The van der Waals surface area contributed by atoms with Crippen LogP contribution < -0.4 is 5.32 Å². The lowest BCUT2D eigenvalue weighted by molar-refractivity contribution is 0.476. The third kappa shape index (κ3) is 1.75. The maximum atomic E-state index is 4.57. The van der Waals surface area contributed by atoms with Crippen molar-refractivity contribution < 1.29 is 0 Å². The van der Waals surface area contributed by atoms with Crippen LogP contribution in [0.2, 0.25) is 0 Å². The van der Waals surface area contributed by atoms with Crippen molar-refractivity contribution in [3.05, 3.63) is 23.8 Å². The number of rotatable bonds is 2. The van der Waals surface area contributed by atoms with Crippen LogP contribution >= 0.6 is 0 Å². The molecule has 0 atom stereocenters. The van der Waals surface area contributed by atoms with Crippen molar-refractivity contribution >= 4 is 0 Å². The van der Waals surface area contributed by atoms with Gasteiger partial charge in [-0.1, -0.05) is 13.8 Å². The Bertz CT molecular complexity index is 564. The minimum absolute atomic E-state index is 0.424. The van der Waals surface area contributed by atoms with Crippen LogP contribution in [0.5, 0.6) is 0 Å². The third-order valence-corrected chi connectivity index (χ3v) is 3.44. The Labute approximate surface area is 107 Å². The molecule has 1 aliphatic heterocycles. The van der Waals surface area contributed by atoms with Crippen molar-refractivity contribution in [2.45, 2.75) is 32.9 Å². The molecule has 0 radical (unpaired) electrons. The zero-order valence-corrected chi connectivity index (χ0v) is 11.1. The Hall–Kier alpha value is -1.62. The van der Waals surface area contributed by atoms with Gasteiger partial charge in [0, 0.05) is 37.5 Å². The molecule has 0 aromatic carbocycles. The summed E-state index contributed by atoms with van der Waals surface area (Å²) in [5, 5.41) is 12.5. The van der Waals surface area contributed by atoms with Gasteiger partial charge in [-0.05, 0) is 5.92 Å². The second-order valence-corrected chi connectivity index (χ2v) is 5.16. The van der Waals surface area contributed by atoms with Crippen LogP contribution in [0.1, 0.15) is 31.2 Å². The van der Waals surface area contributed by atoms with Crippen molar-refractivity contribution in [2.75, 3.05) is 6.54 Å². The lowest BCUT2D eigenvalue weighted by atomic mass is 10.0. The summed E-state index contributed by atoms with van der Waals surface area (Å²) in [6.07, 6.45) is 4.08. The van der Waals surface area contributed by atoms with E-state index in [4.69, 9.17) is 0 Å². The fourth-order valence-corrected chi connectivity index (χ4v) is 2.55. The molecular formula is C13H19N5. The fraction of sp³-hybridized carbons (Fsp3) is 0.538. The highest BCUT2D eigenvalue weighted by Gasteiger charge is 2.20. The topological polar surface area (TPSA) is 47.7 Å². The average Bonchev–Trinajstić information content (AvgIpc) is 2.92. The van der Waals surface area contributed by atoms with Gasteiger partial charge < -0.3 is 5.32 Å². The zero-order valence-electron chi connectivity index (χ0n) is 11.1. The lowest BCUT2D eigenvalue weighted by Gasteiger charge is -2.16. The van der Waals surface area contributed by atoms with E-state index in [-0.39, 0.29) is 0 Å². The molecule has 0 aliphatic carbocycles. The van der Waals surface area contributed by atoms with E-state index in [0.717, 1.165) is 25.3 Å². The van der Waals surface area contributed by atoms with Crippen LogP contribution in [0.3, 0.4) is 0 Å². The summed E-state index contributed by atoms with van der Waals surface area (Å²) in [6, 6.07) is 0. The number of hydrogen-bond donors (Lipinski definition) is 1. The fourth-order valence-electron chi connectivity index (χ4n) is 2.55. The van der Waals surface area contributed by atoms with Crippen LogP contribution in [0, 0.1) is 0 Å². The molecule has 1 aliphatic rings. The molecule has 5 nitrogen and oxygen atoms in total. The summed E-state index contributed by atoms with van der Waals surface area (Å²) in [4.78, 5) is 0. The molecule has 1 N–H and O–H groups in total. The first-order valence-electron chi connectivity index (χ1n) is 6.46. The Morgan fingerprint density at radius 1 is 1.33 bits per heavy atom. The van der Waals surface area contributed by atoms with Crippen molar-refractivity contribution in [1.29, 1.82) is 0 Å². The molecule has 96 valence electrons. The van der Waals surface area contributed by atoms with E-state index in [9.17, 15) is 0 Å². The van der Waals surface area contributed by atoms with Gasteiger partial charge in [0.25, 0.3) is 0 Å². The lowest BCUT2D eigenvalue weighted by Crippen LogP contribution is -2.28. The molecule has 0 spiro atoms. The highest BCUT2D eigenvalue weighted by Crippen LogP contribution is 2.31. The summed E-state index contributed by atoms with van der Waals surface area (Å²) < 4.78 is 3.99. The standard InChI is InChI=1S/C13H19N5/c1-9(2)13-11(8-17(3)16-13)10-6-15-18-5-4-14-7-12(10)18/h6,8-9,14H,4-5,7H2,1-3H3. The molecule has 0 bridgehead atoms. The van der Waals surface area contributed by atoms with Gasteiger partial charge in [-0.2, -0.15) is 10.2 Å². The summed E-state index contributed by atoms with van der Waals surface area (Å²) >= 11 is 0. The van der Waals surface area contributed by atoms with E-state index in [1.165, 1.54) is 16.8 Å². The number of fused-ring (bicyclic) bond motifs is 1. The van der Waals surface area contributed by atoms with Gasteiger partial charge in [0.1, 0.15) is 0 Å². The van der Waals surface area contributed by atoms with E-state index >= 15 is 0 Å². The van der Waals surface area contributed by atoms with E-state index in [2.05, 4.69) is 40.2 Å². The van der Waals surface area contributed by atoms with E-state index in [1.54, 1.807) is 0 Å². The summed E-state index contributed by atoms with van der Waals surface area (Å²) in [5.41, 5.74) is 4.87. The average molecular weight is 245 g/mol. The maximum absolute atomic E-state index is 4.57. The Morgan fingerprint density at radius 3 is 2.94 bits per heavy atom. The molecule has 0 saturated heterocycles. The van der Waals surface area contributed by atoms with Gasteiger partial charge >= 0.3 is 0 Å². The Balaban J connectivity index is 2.12. The molecular weight excluding hydrogens is 226 g/mol. The van der Waals surface area contributed by atoms with Crippen LogP contribution in [0.15, 0.2) is 12.4 Å². The number of hydrogen-bond acceptors (Lipinski definition) is 3. The first-order valence-corrected chi connectivity index (χ1v) is 6.46. The van der Waals surface area contributed by atoms with Crippen molar-refractivity contribution in [1.82, 2.24) is 24.9 Å². The molecule has 0 fully saturated rings. The molecule has 0 saturated carbocycles. The van der Waals surface area contributed by atoms with Gasteiger partial charge in [0.05, 0.1) is 24.1 Å². The molecule has 0 amide bonds. The van der Waals surface area contributed by atoms with Gasteiger partial charge in [0.15, 0.2) is 0 Å². The summed E-state index contributed by atoms with van der Waals surface area (Å²) in [6.45, 7) is 7.20. The monoisotopic (exact) mass is 245 g/mol. The molecule has 3 heterocycles. The van der Waals surface area contributed by atoms with Crippen LogP contribution in [-0.4, -0.2) is 26.1 Å². The van der Waals surface area contributed by atoms with Gasteiger partial charge in [-0.15, -0.1) is 0 Å². The Morgan fingerprint density at radius 2 is 2.17 bits per heavy atom. The first kappa shape index (κ1) is 11.5. The van der Waals surface area contributed by atoms with Crippen molar-refractivity contribution in [2.24, 2.45) is 7.05 Å². The maximum Gasteiger partial charge on any atom is 0.0729 e. The van der Waals surface area contributed by atoms with E-state index < -0.39 is 0 Å². The second-order valence-electron chi connectivity index (χ2n) is 5.16. The highest BCUT2D eigenvalue weighted by atomic mass is 15.3. The van der Waals surface area contributed by atoms with Crippen molar-refractivity contribution in [3.63, 3.8) is 0 Å². The van der Waals surface area contributed by atoms with Crippen LogP contribution in [0.25, 0.3) is 11.1 Å². The van der Waals surface area contributed by atoms with E-state index in [0.29, 0.717) is 5.92 Å². The van der Waals surface area contributed by atoms with Gasteiger partial charge in [-0.3, -0.25) is 9.36 Å². The first-order chi connectivity index (χ1) is 8.66. The van der Waals surface area contributed by atoms with Crippen LogP contribution in [-0.2, 0) is 20.1 Å². The molecule has 0 unspecified atom stereocenters. The second kappa shape index (κ2) is 4.24. The van der Waals surface area contributed by atoms with Gasteiger partial charge in [0.2, 0.25) is 0 Å². The predicted molar refractivity (Wildman–Crippen MR) is 70.2 cm³/mol. The van der Waals surface area contributed by atoms with Crippen molar-refractivity contribution in [3.8, 4) is 11.1 Å². The van der Waals surface area contributed by atoms with Crippen LogP contribution in [0.4, 0.5) is 0 Å². The third-order valence-electron chi connectivity index (χ3n) is 3.44. The minimum atomic E-state index is 0.424. The smallest absolute Gasteiger partial charge is 0.0729 e. The number of aryl methyl sites for hydroxylation is 1. The molecule has 2 aromatic rings. The summed E-state index contributed by atoms with van der Waals surface area (Å²) in [5.74, 6) is 0.424. The molecule has 18 heavy (non-hydrogen) atoms. The number of nitrogens with one attached hydrogen (secondary N) is 1. The van der Waals surface area contributed by atoms with E-state index in [1.807, 2.05) is 17.9 Å². The van der Waals surface area contributed by atoms with Gasteiger partial charge in [-0.25, -0.2) is 0 Å². The molecule has 5 heteroatoms. The molecule has 3 rings (SSSR count).